The van der Waals surface area contributed by atoms with Crippen LogP contribution in [-0.4, -0.2) is 60.6 Å². The number of hydrogen-bond acceptors (Lipinski definition) is 7. The van der Waals surface area contributed by atoms with Gasteiger partial charge in [0, 0.05) is 36.0 Å². The van der Waals surface area contributed by atoms with Gasteiger partial charge in [-0.25, -0.2) is 9.37 Å². The van der Waals surface area contributed by atoms with E-state index in [1.807, 2.05) is 17.7 Å². The molecule has 1 aliphatic carbocycles. The molecule has 40 heavy (non-hydrogen) atoms. The highest BCUT2D eigenvalue weighted by Gasteiger charge is 2.36. The number of fused-ring (bicyclic) bond motifs is 1. The van der Waals surface area contributed by atoms with Crippen LogP contribution in [-0.2, 0) is 6.18 Å². The first-order valence-electron chi connectivity index (χ1n) is 13.1. The van der Waals surface area contributed by atoms with Crippen LogP contribution in [0.1, 0.15) is 50.3 Å². The van der Waals surface area contributed by atoms with E-state index in [9.17, 15) is 27.8 Å². The molecule has 0 amide bonds. The van der Waals surface area contributed by atoms with E-state index >= 15 is 0 Å². The summed E-state index contributed by atoms with van der Waals surface area (Å²) in [6, 6.07) is 3.76. The minimum absolute atomic E-state index is 0.0408. The minimum Gasteiger partial charge on any atom is -0.490 e. The number of hydrogen-bond donors (Lipinski definition) is 3. The van der Waals surface area contributed by atoms with Crippen molar-refractivity contribution in [1.29, 1.82) is 0 Å². The van der Waals surface area contributed by atoms with Crippen molar-refractivity contribution in [3.8, 4) is 17.0 Å². The van der Waals surface area contributed by atoms with Crippen molar-refractivity contribution in [2.24, 2.45) is 0 Å². The number of ether oxygens (including phenoxy) is 1. The molecule has 0 unspecified atom stereocenters. The molecular formula is C27H30F4N6O3. The van der Waals surface area contributed by atoms with Crippen molar-refractivity contribution in [2.45, 2.75) is 57.0 Å². The van der Waals surface area contributed by atoms with E-state index in [1.165, 1.54) is 4.68 Å². The third-order valence-corrected chi connectivity index (χ3v) is 7.15. The molecule has 214 valence electrons. The number of aromatic nitrogens is 5. The lowest BCUT2D eigenvalue weighted by Crippen LogP contribution is -2.27. The van der Waals surface area contributed by atoms with Crippen LogP contribution < -0.4 is 10.1 Å². The highest BCUT2D eigenvalue weighted by Crippen LogP contribution is 2.40. The first kappa shape index (κ1) is 27.8. The molecular weight excluding hydrogens is 532 g/mol. The molecule has 0 aliphatic heterocycles. The lowest BCUT2D eigenvalue weighted by molar-refractivity contribution is -0.139. The lowest BCUT2D eigenvalue weighted by atomic mass is 9.93. The van der Waals surface area contributed by atoms with Gasteiger partial charge in [-0.05, 0) is 50.8 Å². The number of pyridine rings is 1. The number of nitrogens with one attached hydrogen (secondary N) is 1. The van der Waals surface area contributed by atoms with Gasteiger partial charge in [0.25, 0.3) is 0 Å². The Morgan fingerprint density at radius 3 is 2.52 bits per heavy atom. The number of halogens is 4. The molecule has 1 aromatic carbocycles. The lowest BCUT2D eigenvalue weighted by Gasteiger charge is -2.30. The molecule has 1 aliphatic rings. The smallest absolute Gasteiger partial charge is 0.420 e. The second kappa shape index (κ2) is 11.4. The summed E-state index contributed by atoms with van der Waals surface area (Å²) in [5.41, 5.74) is 1.07. The molecule has 5 rings (SSSR count). The molecule has 1 fully saturated rings. The maximum Gasteiger partial charge on any atom is 0.420 e. The second-order valence-corrected chi connectivity index (χ2v) is 9.82. The van der Waals surface area contributed by atoms with Gasteiger partial charge in [0.2, 0.25) is 0 Å². The Labute approximate surface area is 227 Å². The maximum absolute atomic E-state index is 13.5. The molecule has 0 spiro atoms. The number of anilines is 1. The molecule has 9 nitrogen and oxygen atoms in total. The van der Waals surface area contributed by atoms with Gasteiger partial charge in [-0.2, -0.15) is 23.4 Å². The second-order valence-electron chi connectivity index (χ2n) is 9.82. The third-order valence-electron chi connectivity index (χ3n) is 7.15. The number of nitrogens with zero attached hydrogens (tertiary/aromatic N) is 5. The van der Waals surface area contributed by atoms with Crippen molar-refractivity contribution < 1.29 is 32.5 Å². The van der Waals surface area contributed by atoms with Crippen LogP contribution in [0.2, 0.25) is 0 Å². The van der Waals surface area contributed by atoms with Crippen LogP contribution in [0, 0.1) is 5.82 Å². The van der Waals surface area contributed by atoms with Gasteiger partial charge in [0.1, 0.15) is 28.6 Å². The zero-order valence-electron chi connectivity index (χ0n) is 21.8. The van der Waals surface area contributed by atoms with Crippen LogP contribution in [0.5, 0.6) is 5.75 Å². The number of benzene rings is 1. The minimum atomic E-state index is -4.72. The molecule has 3 N–H and O–H groups in total. The van der Waals surface area contributed by atoms with Crippen molar-refractivity contribution in [3.63, 3.8) is 0 Å². The number of alkyl halides is 3. The molecule has 0 atom stereocenters. The zero-order chi connectivity index (χ0) is 28.4. The predicted molar refractivity (Wildman–Crippen MR) is 139 cm³/mol. The molecule has 0 radical (unpaired) electrons. The molecule has 0 bridgehead atoms. The predicted octanol–water partition coefficient (Wildman–Crippen LogP) is 4.97. The van der Waals surface area contributed by atoms with E-state index in [0.717, 1.165) is 23.0 Å². The number of aliphatic hydroxyl groups excluding tert-OH is 2. The van der Waals surface area contributed by atoms with Crippen LogP contribution in [0.3, 0.4) is 0 Å². The van der Waals surface area contributed by atoms with E-state index in [2.05, 4.69) is 15.4 Å². The van der Waals surface area contributed by atoms with Crippen molar-refractivity contribution in [1.82, 2.24) is 24.5 Å². The topological polar surface area (TPSA) is 110 Å². The summed E-state index contributed by atoms with van der Waals surface area (Å²) in [6.45, 7) is 2.11. The monoisotopic (exact) mass is 562 g/mol. The first-order chi connectivity index (χ1) is 19.2. The Morgan fingerprint density at radius 2 is 1.85 bits per heavy atom. The van der Waals surface area contributed by atoms with Crippen molar-refractivity contribution >= 4 is 16.7 Å². The summed E-state index contributed by atoms with van der Waals surface area (Å²) >= 11 is 0. The van der Waals surface area contributed by atoms with Gasteiger partial charge >= 0.3 is 6.18 Å². The Bertz CT molecular complexity index is 1460. The highest BCUT2D eigenvalue weighted by atomic mass is 19.4. The third kappa shape index (κ3) is 5.61. The standard InChI is InChI=1S/C27H30F4N6O3/c1-2-32-25-10-23-21(12-33-25)26(16-11-34-36(13-16)19(14-38)15-39)35-37(23)18-4-6-20(7-5-18)40-24-8-3-17(28)9-22(24)27(29,30)31/h3,8-13,18-20,38-39H,2,4-7,14-15H2,1H3,(H,32,33)/t18-,20+. The normalized spacial score (nSPS) is 18.0. The Balaban J connectivity index is 1.41. The summed E-state index contributed by atoms with van der Waals surface area (Å²) in [5.74, 6) is -0.649. The Kier molecular flexibility index (Phi) is 7.95. The van der Waals surface area contributed by atoms with Gasteiger partial charge in [-0.1, -0.05) is 0 Å². The molecule has 0 saturated heterocycles. The number of rotatable bonds is 9. The summed E-state index contributed by atoms with van der Waals surface area (Å²) in [5, 5.41) is 32.3. The van der Waals surface area contributed by atoms with Gasteiger partial charge in [-0.3, -0.25) is 9.36 Å². The van der Waals surface area contributed by atoms with E-state index < -0.39 is 29.7 Å². The van der Waals surface area contributed by atoms with Gasteiger partial charge in [0.15, 0.2) is 0 Å². The SMILES string of the molecule is CCNc1cc2c(cn1)c(-c1cnn(C(CO)CO)c1)nn2[C@H]1CC[C@@H](Oc2ccc(F)cc2C(F)(F)F)CC1. The summed E-state index contributed by atoms with van der Waals surface area (Å²) in [4.78, 5) is 4.50. The van der Waals surface area contributed by atoms with Gasteiger partial charge in [0.05, 0.1) is 43.1 Å². The molecule has 3 aromatic heterocycles. The molecule has 4 aromatic rings. The Hall–Kier alpha value is -3.71. The first-order valence-corrected chi connectivity index (χ1v) is 13.1. The van der Waals surface area contributed by atoms with Crippen LogP contribution in [0.4, 0.5) is 23.4 Å². The average Bonchev–Trinajstić information content (AvgIpc) is 3.56. The quantitative estimate of drug-likeness (QED) is 0.247. The largest absolute Gasteiger partial charge is 0.490 e. The summed E-state index contributed by atoms with van der Waals surface area (Å²) < 4.78 is 62.9. The average molecular weight is 563 g/mol. The fourth-order valence-electron chi connectivity index (χ4n) is 5.10. The van der Waals surface area contributed by atoms with Gasteiger partial charge in [-0.15, -0.1) is 0 Å². The van der Waals surface area contributed by atoms with E-state index in [-0.39, 0.29) is 25.0 Å². The van der Waals surface area contributed by atoms with E-state index in [4.69, 9.17) is 9.84 Å². The Morgan fingerprint density at radius 1 is 1.10 bits per heavy atom. The summed E-state index contributed by atoms with van der Waals surface area (Å²) in [6.07, 6.45) is 2.11. The fourth-order valence-corrected chi connectivity index (χ4v) is 5.10. The zero-order valence-corrected chi connectivity index (χ0v) is 21.8. The van der Waals surface area contributed by atoms with E-state index in [1.54, 1.807) is 18.6 Å². The van der Waals surface area contributed by atoms with E-state index in [0.29, 0.717) is 55.4 Å². The maximum atomic E-state index is 13.5. The molecule has 3 heterocycles. The highest BCUT2D eigenvalue weighted by molar-refractivity contribution is 5.93. The summed E-state index contributed by atoms with van der Waals surface area (Å²) in [7, 11) is 0. The van der Waals surface area contributed by atoms with Crippen molar-refractivity contribution in [3.05, 3.63) is 54.2 Å². The molecule has 13 heteroatoms. The van der Waals surface area contributed by atoms with Crippen molar-refractivity contribution in [2.75, 3.05) is 25.1 Å². The molecule has 1 saturated carbocycles. The van der Waals surface area contributed by atoms with Gasteiger partial charge < -0.3 is 20.3 Å². The number of aliphatic hydroxyl groups is 2. The van der Waals surface area contributed by atoms with Crippen LogP contribution >= 0.6 is 0 Å². The van der Waals surface area contributed by atoms with Crippen LogP contribution in [0.15, 0.2) is 42.9 Å². The fraction of sp³-hybridized carbons (Fsp3) is 0.444. The van der Waals surface area contributed by atoms with Crippen LogP contribution in [0.25, 0.3) is 22.2 Å².